The molecule has 0 unspecified atom stereocenters. The van der Waals surface area contributed by atoms with Crippen LogP contribution in [0.15, 0.2) is 121 Å². The summed E-state index contributed by atoms with van der Waals surface area (Å²) >= 11 is 1.62. The van der Waals surface area contributed by atoms with Crippen molar-refractivity contribution < 1.29 is 14.6 Å². The molecule has 1 atom stereocenters. The Balaban J connectivity index is 1.58. The number of carboxylic acids is 1. The van der Waals surface area contributed by atoms with Gasteiger partial charge in [-0.05, 0) is 22.3 Å². The van der Waals surface area contributed by atoms with Crippen LogP contribution < -0.4 is 5.32 Å². The number of rotatable bonds is 12. The Bertz CT molecular complexity index is 1070. The molecule has 4 aromatic carbocycles. The fourth-order valence-corrected chi connectivity index (χ4v) is 5.68. The molecule has 4 nitrogen and oxygen atoms in total. The van der Waals surface area contributed by atoms with Crippen molar-refractivity contribution in [3.63, 3.8) is 0 Å². The lowest BCUT2D eigenvalue weighted by molar-refractivity contribution is -0.139. The van der Waals surface area contributed by atoms with Crippen molar-refractivity contribution in [2.45, 2.75) is 17.4 Å². The van der Waals surface area contributed by atoms with Gasteiger partial charge in [0.2, 0.25) is 0 Å². The molecule has 0 heterocycles. The monoisotopic (exact) mass is 483 g/mol. The van der Waals surface area contributed by atoms with Gasteiger partial charge in [-0.3, -0.25) is 10.1 Å². The summed E-state index contributed by atoms with van der Waals surface area (Å²) in [6.07, 6.45) is 0. The maximum absolute atomic E-state index is 12.2. The van der Waals surface area contributed by atoms with Crippen molar-refractivity contribution in [2.24, 2.45) is 0 Å². The Morgan fingerprint density at radius 2 is 1.17 bits per heavy atom. The Hall–Kier alpha value is -3.38. The first-order valence-corrected chi connectivity index (χ1v) is 12.6. The lowest BCUT2D eigenvalue weighted by Gasteiger charge is -2.36. The molecule has 0 fully saturated rings. The molecule has 0 aromatic heterocycles. The zero-order chi connectivity index (χ0) is 24.3. The molecule has 0 aliphatic rings. The molecule has 0 aliphatic heterocycles. The van der Waals surface area contributed by atoms with Gasteiger partial charge in [-0.2, -0.15) is 0 Å². The summed E-state index contributed by atoms with van der Waals surface area (Å²) in [5.74, 6) is -0.549. The van der Waals surface area contributed by atoms with E-state index in [9.17, 15) is 9.90 Å². The van der Waals surface area contributed by atoms with Crippen LogP contribution in [0.4, 0.5) is 0 Å². The van der Waals surface area contributed by atoms with Crippen LogP contribution in [-0.2, 0) is 20.9 Å². The first-order chi connectivity index (χ1) is 17.2. The Morgan fingerprint density at radius 1 is 0.743 bits per heavy atom. The number of ether oxygens (including phenoxy) is 1. The van der Waals surface area contributed by atoms with Gasteiger partial charge in [0.05, 0.1) is 18.1 Å². The summed E-state index contributed by atoms with van der Waals surface area (Å²) in [6, 6.07) is 39.9. The van der Waals surface area contributed by atoms with Crippen molar-refractivity contribution in [1.29, 1.82) is 0 Å². The summed E-state index contributed by atoms with van der Waals surface area (Å²) < 4.78 is 5.14. The van der Waals surface area contributed by atoms with E-state index >= 15 is 0 Å². The number of carbonyl (C=O) groups is 1. The molecule has 0 saturated carbocycles. The number of aliphatic carboxylic acids is 1. The molecular weight excluding hydrogens is 454 g/mol. The fraction of sp³-hybridized carbons (Fsp3) is 0.167. The number of thioether (sulfide) groups is 1. The van der Waals surface area contributed by atoms with Crippen molar-refractivity contribution in [3.8, 4) is 0 Å². The predicted octanol–water partition coefficient (Wildman–Crippen LogP) is 5.93. The largest absolute Gasteiger partial charge is 0.480 e. The highest BCUT2D eigenvalue weighted by Gasteiger charge is 2.38. The molecule has 4 rings (SSSR count). The zero-order valence-electron chi connectivity index (χ0n) is 19.4. The molecule has 178 valence electrons. The van der Waals surface area contributed by atoms with Gasteiger partial charge in [-0.1, -0.05) is 121 Å². The minimum absolute atomic E-state index is 0.154. The molecule has 0 amide bonds. The van der Waals surface area contributed by atoms with Crippen molar-refractivity contribution in [1.82, 2.24) is 5.32 Å². The van der Waals surface area contributed by atoms with Gasteiger partial charge < -0.3 is 9.84 Å². The van der Waals surface area contributed by atoms with Gasteiger partial charge in [0.1, 0.15) is 6.04 Å². The standard InChI is InChI=1S/C30H29NO3S/c32-29(33)28(31-23-34-21-24-13-5-1-6-14-24)22-35-30(25-15-7-2-8-16-25,26-17-9-3-10-18-26)27-19-11-4-12-20-27/h1-20,28,31H,21-23H2,(H,32,33)/t28-/m0/s1. The third-order valence-corrected chi connectivity index (χ3v) is 7.49. The zero-order valence-corrected chi connectivity index (χ0v) is 20.2. The lowest BCUT2D eigenvalue weighted by atomic mass is 9.84. The second kappa shape index (κ2) is 12.4. The number of benzene rings is 4. The molecule has 0 saturated heterocycles. The Kier molecular flexibility index (Phi) is 8.74. The van der Waals surface area contributed by atoms with E-state index in [1.54, 1.807) is 11.8 Å². The number of hydrogen-bond acceptors (Lipinski definition) is 4. The van der Waals surface area contributed by atoms with Crippen molar-refractivity contribution >= 4 is 17.7 Å². The Labute approximate surface area is 211 Å². The number of hydrogen-bond donors (Lipinski definition) is 2. The number of nitrogens with one attached hydrogen (secondary N) is 1. The molecule has 0 spiro atoms. The highest BCUT2D eigenvalue weighted by atomic mass is 32.2. The normalized spacial score (nSPS) is 12.2. The first-order valence-electron chi connectivity index (χ1n) is 11.6. The maximum atomic E-state index is 12.2. The lowest BCUT2D eigenvalue weighted by Crippen LogP contribution is -2.41. The highest BCUT2D eigenvalue weighted by Crippen LogP contribution is 2.48. The van der Waals surface area contributed by atoms with Gasteiger partial charge >= 0.3 is 5.97 Å². The van der Waals surface area contributed by atoms with Crippen molar-refractivity contribution in [2.75, 3.05) is 12.5 Å². The second-order valence-electron chi connectivity index (χ2n) is 8.16. The van der Waals surface area contributed by atoms with E-state index in [4.69, 9.17) is 4.74 Å². The van der Waals surface area contributed by atoms with E-state index in [-0.39, 0.29) is 6.73 Å². The number of carboxylic acid groups (broad SMARTS) is 1. The minimum atomic E-state index is -0.899. The average Bonchev–Trinajstić information content (AvgIpc) is 2.92. The van der Waals surface area contributed by atoms with E-state index in [1.165, 1.54) is 0 Å². The van der Waals surface area contributed by atoms with E-state index in [2.05, 4.69) is 41.7 Å². The quantitative estimate of drug-likeness (QED) is 0.149. The van der Waals surface area contributed by atoms with Gasteiger partial charge in [-0.25, -0.2) is 0 Å². The highest BCUT2D eigenvalue weighted by molar-refractivity contribution is 8.00. The molecule has 35 heavy (non-hydrogen) atoms. The van der Waals surface area contributed by atoms with Crippen LogP contribution in [0.25, 0.3) is 0 Å². The van der Waals surface area contributed by atoms with Crippen LogP contribution in [0, 0.1) is 0 Å². The van der Waals surface area contributed by atoms with Crippen LogP contribution in [0.1, 0.15) is 22.3 Å². The minimum Gasteiger partial charge on any atom is -0.480 e. The summed E-state index contributed by atoms with van der Waals surface area (Å²) in [5, 5.41) is 13.0. The summed E-state index contributed by atoms with van der Waals surface area (Å²) in [5.41, 5.74) is 4.36. The Morgan fingerprint density at radius 3 is 1.60 bits per heavy atom. The second-order valence-corrected chi connectivity index (χ2v) is 9.40. The first kappa shape index (κ1) is 24.7. The summed E-state index contributed by atoms with van der Waals surface area (Å²) in [4.78, 5) is 12.2. The van der Waals surface area contributed by atoms with E-state index in [0.717, 1.165) is 22.3 Å². The van der Waals surface area contributed by atoms with Crippen LogP contribution in [-0.4, -0.2) is 29.6 Å². The van der Waals surface area contributed by atoms with Crippen LogP contribution in [0.5, 0.6) is 0 Å². The van der Waals surface area contributed by atoms with Gasteiger partial charge in [0.15, 0.2) is 0 Å². The SMILES string of the molecule is O=C(O)[C@H](CSC(c1ccccc1)(c1ccccc1)c1ccccc1)NCOCc1ccccc1. The average molecular weight is 484 g/mol. The maximum Gasteiger partial charge on any atom is 0.321 e. The molecule has 4 aromatic rings. The van der Waals surface area contributed by atoms with Gasteiger partial charge in [-0.15, -0.1) is 11.8 Å². The summed E-state index contributed by atoms with van der Waals surface area (Å²) in [7, 11) is 0. The molecule has 5 heteroatoms. The summed E-state index contributed by atoms with van der Waals surface area (Å²) in [6.45, 7) is 0.580. The van der Waals surface area contributed by atoms with Gasteiger partial charge in [0, 0.05) is 5.75 Å². The molecular formula is C30H29NO3S. The van der Waals surface area contributed by atoms with Crippen molar-refractivity contribution in [3.05, 3.63) is 144 Å². The molecule has 0 radical (unpaired) electrons. The van der Waals surface area contributed by atoms with Crippen LogP contribution >= 0.6 is 11.8 Å². The van der Waals surface area contributed by atoms with Crippen LogP contribution in [0.3, 0.4) is 0 Å². The molecule has 0 aliphatic carbocycles. The fourth-order valence-electron chi connectivity index (χ4n) is 4.10. The van der Waals surface area contributed by atoms with E-state index < -0.39 is 16.8 Å². The van der Waals surface area contributed by atoms with Gasteiger partial charge in [0.25, 0.3) is 0 Å². The van der Waals surface area contributed by atoms with E-state index in [0.29, 0.717) is 12.4 Å². The predicted molar refractivity (Wildman–Crippen MR) is 142 cm³/mol. The van der Waals surface area contributed by atoms with Crippen LogP contribution in [0.2, 0.25) is 0 Å². The molecule has 2 N–H and O–H groups in total. The smallest absolute Gasteiger partial charge is 0.321 e. The third-order valence-electron chi connectivity index (χ3n) is 5.85. The molecule has 0 bridgehead atoms. The third kappa shape index (κ3) is 6.20. The van der Waals surface area contributed by atoms with E-state index in [1.807, 2.05) is 84.9 Å². The topological polar surface area (TPSA) is 58.6 Å².